The number of alkyl halides is 4. The van der Waals surface area contributed by atoms with E-state index in [-0.39, 0.29) is 12.3 Å². The lowest BCUT2D eigenvalue weighted by Crippen LogP contribution is -2.39. The van der Waals surface area contributed by atoms with Crippen LogP contribution in [0.15, 0.2) is 36.7 Å². The molecule has 1 fully saturated rings. The van der Waals surface area contributed by atoms with Crippen LogP contribution >= 0.6 is 0 Å². The minimum atomic E-state index is -4.92. The fourth-order valence-electron chi connectivity index (χ4n) is 3.52. The highest BCUT2D eigenvalue weighted by molar-refractivity contribution is 5.64. The molecule has 3 aromatic rings. The summed E-state index contributed by atoms with van der Waals surface area (Å²) in [5, 5.41) is 16.2. The molecular weight excluding hydrogens is 418 g/mol. The Kier molecular flexibility index (Phi) is 5.26. The summed E-state index contributed by atoms with van der Waals surface area (Å²) in [5.74, 6) is 0.290. The lowest BCUT2D eigenvalue weighted by atomic mass is 9.96. The van der Waals surface area contributed by atoms with E-state index in [2.05, 4.69) is 20.6 Å². The molecule has 4 rings (SSSR count). The van der Waals surface area contributed by atoms with Crippen LogP contribution in [0, 0.1) is 0 Å². The Bertz CT molecular complexity index is 1100. The van der Waals surface area contributed by atoms with Gasteiger partial charge in [0.05, 0.1) is 36.3 Å². The van der Waals surface area contributed by atoms with Crippen molar-refractivity contribution in [1.29, 1.82) is 0 Å². The molecule has 0 saturated carbocycles. The molecular formula is C20H21F4N5O2. The summed E-state index contributed by atoms with van der Waals surface area (Å²) in [5.41, 5.74) is -2.46. The Labute approximate surface area is 175 Å². The number of nitrogens with zero attached hydrogens (tertiary/aromatic N) is 3. The number of anilines is 1. The predicted molar refractivity (Wildman–Crippen MR) is 106 cm³/mol. The zero-order valence-corrected chi connectivity index (χ0v) is 16.7. The third-order valence-corrected chi connectivity index (χ3v) is 5.39. The van der Waals surface area contributed by atoms with Gasteiger partial charge in [-0.1, -0.05) is 6.07 Å². The monoisotopic (exact) mass is 439 g/mol. The minimum Gasteiger partial charge on any atom is -0.496 e. The Hall–Kier alpha value is -2.92. The average Bonchev–Trinajstić information content (AvgIpc) is 3.32. The Balaban J connectivity index is 1.77. The van der Waals surface area contributed by atoms with E-state index in [4.69, 9.17) is 4.74 Å². The van der Waals surface area contributed by atoms with Crippen LogP contribution in [0.1, 0.15) is 12.5 Å². The van der Waals surface area contributed by atoms with Gasteiger partial charge in [-0.3, -0.25) is 4.40 Å². The predicted octanol–water partition coefficient (Wildman–Crippen LogP) is 2.90. The standard InChI is InChI=1S/C20H21F4N5O2/c1-19(30,20(22,23)24)11-10-29-15(9-26-18(29)6-16(11)31-2)13-4-3-5-17(27-13)28-14-8-25-7-12(14)21/h3-6,9-10,12,14,25,30H,7-8H2,1-2H3,(H,27,28)/t12-,14-,19-/m0/s1. The molecule has 166 valence electrons. The molecule has 0 unspecified atom stereocenters. The minimum absolute atomic E-state index is 0.141. The molecule has 3 atom stereocenters. The highest BCUT2D eigenvalue weighted by atomic mass is 19.4. The van der Waals surface area contributed by atoms with Crippen molar-refractivity contribution in [2.75, 3.05) is 25.5 Å². The van der Waals surface area contributed by atoms with Crippen LogP contribution in [0.5, 0.6) is 5.75 Å². The number of hydrogen-bond donors (Lipinski definition) is 3. The van der Waals surface area contributed by atoms with Crippen molar-refractivity contribution in [3.8, 4) is 17.1 Å². The van der Waals surface area contributed by atoms with Gasteiger partial charge < -0.3 is 20.5 Å². The zero-order valence-electron chi connectivity index (χ0n) is 16.7. The molecule has 0 aliphatic carbocycles. The van der Waals surface area contributed by atoms with Crippen molar-refractivity contribution in [2.24, 2.45) is 0 Å². The number of rotatable bonds is 5. The molecule has 0 amide bonds. The fraction of sp³-hybridized carbons (Fsp3) is 0.400. The number of fused-ring (bicyclic) bond motifs is 1. The maximum Gasteiger partial charge on any atom is 0.421 e. The van der Waals surface area contributed by atoms with Crippen LogP contribution in [0.2, 0.25) is 0 Å². The number of hydrogen-bond acceptors (Lipinski definition) is 6. The van der Waals surface area contributed by atoms with E-state index in [1.54, 1.807) is 18.2 Å². The van der Waals surface area contributed by atoms with Crippen LogP contribution in [0.3, 0.4) is 0 Å². The molecule has 3 aromatic heterocycles. The first-order valence-corrected chi connectivity index (χ1v) is 9.55. The Morgan fingerprint density at radius 2 is 2.06 bits per heavy atom. The van der Waals surface area contributed by atoms with Gasteiger partial charge in [0, 0.05) is 25.4 Å². The highest BCUT2D eigenvalue weighted by Crippen LogP contribution is 2.43. The molecule has 1 aliphatic heterocycles. The van der Waals surface area contributed by atoms with Gasteiger partial charge in [0.2, 0.25) is 0 Å². The number of ether oxygens (including phenoxy) is 1. The molecule has 3 N–H and O–H groups in total. The quantitative estimate of drug-likeness (QED) is 0.531. The second-order valence-corrected chi connectivity index (χ2v) is 7.53. The zero-order chi connectivity index (χ0) is 22.4. The summed E-state index contributed by atoms with van der Waals surface area (Å²) in [6.45, 7) is 1.38. The van der Waals surface area contributed by atoms with Crippen LogP contribution in [-0.2, 0) is 5.60 Å². The van der Waals surface area contributed by atoms with Gasteiger partial charge in [-0.2, -0.15) is 13.2 Å². The number of halogens is 4. The molecule has 0 aromatic carbocycles. The Morgan fingerprint density at radius 3 is 2.71 bits per heavy atom. The van der Waals surface area contributed by atoms with Crippen LogP contribution in [0.25, 0.3) is 17.0 Å². The summed E-state index contributed by atoms with van der Waals surface area (Å²) in [6, 6.07) is 5.94. The second kappa shape index (κ2) is 7.65. The van der Waals surface area contributed by atoms with E-state index < -0.39 is 29.6 Å². The molecule has 0 spiro atoms. The first kappa shape index (κ1) is 21.3. The average molecular weight is 439 g/mol. The molecule has 1 saturated heterocycles. The largest absolute Gasteiger partial charge is 0.496 e. The van der Waals surface area contributed by atoms with E-state index in [1.165, 1.54) is 23.8 Å². The fourth-order valence-corrected chi connectivity index (χ4v) is 3.52. The van der Waals surface area contributed by atoms with E-state index >= 15 is 0 Å². The van der Waals surface area contributed by atoms with Crippen molar-refractivity contribution in [3.63, 3.8) is 0 Å². The summed E-state index contributed by atoms with van der Waals surface area (Å²) < 4.78 is 60.8. The third kappa shape index (κ3) is 3.79. The van der Waals surface area contributed by atoms with Gasteiger partial charge in [0.1, 0.15) is 23.4 Å². The van der Waals surface area contributed by atoms with Crippen molar-refractivity contribution in [3.05, 3.63) is 42.2 Å². The normalized spacial score (nSPS) is 21.3. The van der Waals surface area contributed by atoms with Gasteiger partial charge >= 0.3 is 6.18 Å². The lowest BCUT2D eigenvalue weighted by Gasteiger charge is -2.28. The van der Waals surface area contributed by atoms with E-state index in [0.717, 1.165) is 6.20 Å². The molecule has 0 bridgehead atoms. The smallest absolute Gasteiger partial charge is 0.421 e. The van der Waals surface area contributed by atoms with Crippen LogP contribution < -0.4 is 15.4 Å². The maximum atomic E-state index is 13.9. The van der Waals surface area contributed by atoms with Crippen molar-refractivity contribution in [2.45, 2.75) is 30.9 Å². The molecule has 1 aliphatic rings. The first-order valence-electron chi connectivity index (χ1n) is 9.55. The summed E-state index contributed by atoms with van der Waals surface area (Å²) in [4.78, 5) is 8.69. The first-order chi connectivity index (χ1) is 14.6. The summed E-state index contributed by atoms with van der Waals surface area (Å²) in [6.07, 6.45) is -3.37. The number of pyridine rings is 2. The maximum absolute atomic E-state index is 13.9. The number of methoxy groups -OCH3 is 1. The van der Waals surface area contributed by atoms with Crippen molar-refractivity contribution >= 4 is 11.5 Å². The molecule has 0 radical (unpaired) electrons. The number of aromatic nitrogens is 3. The topological polar surface area (TPSA) is 83.7 Å². The summed E-state index contributed by atoms with van der Waals surface area (Å²) in [7, 11) is 1.22. The van der Waals surface area contributed by atoms with Gasteiger partial charge in [0.15, 0.2) is 5.60 Å². The highest BCUT2D eigenvalue weighted by Gasteiger charge is 2.53. The van der Waals surface area contributed by atoms with Crippen molar-refractivity contribution in [1.82, 2.24) is 19.7 Å². The number of nitrogens with one attached hydrogen (secondary N) is 2. The molecule has 31 heavy (non-hydrogen) atoms. The van der Waals surface area contributed by atoms with E-state index in [0.29, 0.717) is 36.3 Å². The SMILES string of the molecule is COc1cc2ncc(-c3cccc(N[C@H]4CNC[C@@H]4F)n3)n2cc1[C@](C)(O)C(F)(F)F. The summed E-state index contributed by atoms with van der Waals surface area (Å²) >= 11 is 0. The molecule has 7 nitrogen and oxygen atoms in total. The van der Waals surface area contributed by atoms with Crippen molar-refractivity contribution < 1.29 is 27.4 Å². The third-order valence-electron chi connectivity index (χ3n) is 5.39. The van der Waals surface area contributed by atoms with Gasteiger partial charge in [-0.25, -0.2) is 14.4 Å². The lowest BCUT2D eigenvalue weighted by molar-refractivity contribution is -0.259. The van der Waals surface area contributed by atoms with Crippen LogP contribution in [0.4, 0.5) is 23.4 Å². The Morgan fingerprint density at radius 1 is 1.29 bits per heavy atom. The second-order valence-electron chi connectivity index (χ2n) is 7.53. The van der Waals surface area contributed by atoms with Crippen LogP contribution in [-0.4, -0.2) is 58.1 Å². The number of imidazole rings is 1. The van der Waals surface area contributed by atoms with Gasteiger partial charge in [-0.05, 0) is 19.1 Å². The van der Waals surface area contributed by atoms with E-state index in [9.17, 15) is 22.7 Å². The van der Waals surface area contributed by atoms with Gasteiger partial charge in [0.25, 0.3) is 0 Å². The van der Waals surface area contributed by atoms with E-state index in [1.807, 2.05) is 0 Å². The molecule has 4 heterocycles. The molecule has 11 heteroatoms. The number of aliphatic hydroxyl groups is 1. The van der Waals surface area contributed by atoms with Gasteiger partial charge in [-0.15, -0.1) is 0 Å².